The molecule has 0 radical (unpaired) electrons. The first-order valence-electron chi connectivity index (χ1n) is 9.00. The van der Waals surface area contributed by atoms with Crippen LogP contribution in [-0.2, 0) is 4.79 Å². The lowest BCUT2D eigenvalue weighted by Gasteiger charge is -2.42. The topological polar surface area (TPSA) is 84.9 Å². The number of rotatable bonds is 7. The van der Waals surface area contributed by atoms with Gasteiger partial charge < -0.3 is 20.6 Å². The third-order valence-electron chi connectivity index (χ3n) is 5.58. The lowest BCUT2D eigenvalue weighted by Crippen LogP contribution is -2.57. The molecule has 7 nitrogen and oxygen atoms in total. The second-order valence-electron chi connectivity index (χ2n) is 7.72. The first-order chi connectivity index (χ1) is 11.3. The Morgan fingerprint density at radius 1 is 1.29 bits per heavy atom. The summed E-state index contributed by atoms with van der Waals surface area (Å²) in [6, 6.07) is 0.325. The van der Waals surface area contributed by atoms with Crippen molar-refractivity contribution >= 4 is 12.0 Å². The van der Waals surface area contributed by atoms with E-state index in [0.29, 0.717) is 6.54 Å². The molecule has 1 aliphatic carbocycles. The second kappa shape index (κ2) is 8.16. The van der Waals surface area contributed by atoms with Crippen LogP contribution in [0.25, 0.3) is 0 Å². The molecule has 2 rings (SSSR count). The van der Waals surface area contributed by atoms with Gasteiger partial charge in [-0.15, -0.1) is 0 Å². The van der Waals surface area contributed by atoms with Crippen molar-refractivity contribution in [2.45, 2.75) is 51.6 Å². The van der Waals surface area contributed by atoms with E-state index in [1.165, 1.54) is 0 Å². The highest BCUT2D eigenvalue weighted by atomic mass is 16.4. The van der Waals surface area contributed by atoms with Crippen molar-refractivity contribution in [1.29, 1.82) is 0 Å². The molecule has 0 unspecified atom stereocenters. The zero-order chi connectivity index (χ0) is 17.7. The molecule has 0 spiro atoms. The number of likely N-dealkylation sites (tertiary alicyclic amines) is 1. The van der Waals surface area contributed by atoms with Crippen molar-refractivity contribution in [3.8, 4) is 0 Å². The van der Waals surface area contributed by atoms with E-state index in [-0.39, 0.29) is 30.1 Å². The molecule has 0 aromatic rings. The predicted molar refractivity (Wildman–Crippen MR) is 93.1 cm³/mol. The van der Waals surface area contributed by atoms with Gasteiger partial charge >= 0.3 is 12.0 Å². The predicted octanol–water partition coefficient (Wildman–Crippen LogP) is 0.955. The van der Waals surface area contributed by atoms with Crippen molar-refractivity contribution in [1.82, 2.24) is 20.4 Å². The molecule has 2 fully saturated rings. The van der Waals surface area contributed by atoms with Crippen LogP contribution in [0.15, 0.2) is 0 Å². The molecule has 7 heteroatoms. The number of carboxylic acid groups (broad SMARTS) is 1. The van der Waals surface area contributed by atoms with E-state index in [1.54, 1.807) is 0 Å². The standard InChI is InChI=1S/C17H32N4O3/c1-4-21(11-15(22)23)14-9-13(10-14)19-16(24)18-12-17(2)5-7-20(3)8-6-17/h13-14H,4-12H2,1-3H3,(H,22,23)(H2,18,19,24). The Hall–Kier alpha value is -1.34. The average molecular weight is 340 g/mol. The maximum atomic E-state index is 12.1. The van der Waals surface area contributed by atoms with Gasteiger partial charge in [0.1, 0.15) is 0 Å². The highest BCUT2D eigenvalue weighted by molar-refractivity contribution is 5.74. The minimum Gasteiger partial charge on any atom is -0.480 e. The number of carbonyl (C=O) groups is 2. The van der Waals surface area contributed by atoms with E-state index in [9.17, 15) is 9.59 Å². The number of likely N-dealkylation sites (N-methyl/N-ethyl adjacent to an activating group) is 1. The Labute approximate surface area is 144 Å². The summed E-state index contributed by atoms with van der Waals surface area (Å²) in [7, 11) is 2.14. The number of hydrogen-bond donors (Lipinski definition) is 3. The number of urea groups is 1. The number of aliphatic carboxylic acids is 1. The van der Waals surface area contributed by atoms with Crippen molar-refractivity contribution in [3.63, 3.8) is 0 Å². The number of amides is 2. The van der Waals surface area contributed by atoms with Crippen LogP contribution in [0.3, 0.4) is 0 Å². The fourth-order valence-electron chi connectivity index (χ4n) is 3.54. The Balaban J connectivity index is 1.65. The van der Waals surface area contributed by atoms with Crippen molar-refractivity contribution in [2.75, 3.05) is 39.8 Å². The summed E-state index contributed by atoms with van der Waals surface area (Å²) >= 11 is 0. The summed E-state index contributed by atoms with van der Waals surface area (Å²) in [6.07, 6.45) is 3.87. The normalized spacial score (nSPS) is 26.7. The molecule has 0 atom stereocenters. The highest BCUT2D eigenvalue weighted by Gasteiger charge is 2.35. The minimum atomic E-state index is -0.794. The Morgan fingerprint density at radius 2 is 1.92 bits per heavy atom. The SMILES string of the molecule is CCN(CC(=O)O)C1CC(NC(=O)NCC2(C)CCN(C)CC2)C1. The van der Waals surface area contributed by atoms with Gasteiger partial charge in [0.25, 0.3) is 0 Å². The molecular weight excluding hydrogens is 308 g/mol. The zero-order valence-corrected chi connectivity index (χ0v) is 15.2. The summed E-state index contributed by atoms with van der Waals surface area (Å²) in [5.74, 6) is -0.794. The van der Waals surface area contributed by atoms with Crippen LogP contribution in [0.2, 0.25) is 0 Å². The third-order valence-corrected chi connectivity index (χ3v) is 5.58. The van der Waals surface area contributed by atoms with E-state index in [2.05, 4.69) is 29.5 Å². The van der Waals surface area contributed by atoms with Gasteiger partial charge in [-0.3, -0.25) is 9.69 Å². The molecular formula is C17H32N4O3. The Morgan fingerprint density at radius 3 is 2.46 bits per heavy atom. The second-order valence-corrected chi connectivity index (χ2v) is 7.72. The van der Waals surface area contributed by atoms with Crippen LogP contribution in [0.5, 0.6) is 0 Å². The van der Waals surface area contributed by atoms with Gasteiger partial charge in [-0.1, -0.05) is 13.8 Å². The van der Waals surface area contributed by atoms with Gasteiger partial charge in [0.15, 0.2) is 0 Å². The van der Waals surface area contributed by atoms with Crippen molar-refractivity contribution < 1.29 is 14.7 Å². The van der Waals surface area contributed by atoms with Gasteiger partial charge in [0, 0.05) is 18.6 Å². The maximum Gasteiger partial charge on any atom is 0.317 e. The van der Waals surface area contributed by atoms with Gasteiger partial charge in [-0.2, -0.15) is 0 Å². The first-order valence-corrected chi connectivity index (χ1v) is 9.00. The number of piperidine rings is 1. The van der Waals surface area contributed by atoms with Crippen LogP contribution in [0.1, 0.15) is 39.5 Å². The first kappa shape index (κ1) is 19.0. The molecule has 1 aliphatic heterocycles. The molecule has 2 aliphatic rings. The number of hydrogen-bond acceptors (Lipinski definition) is 4. The van der Waals surface area contributed by atoms with Gasteiger partial charge in [0.2, 0.25) is 0 Å². The minimum absolute atomic E-state index is 0.0763. The maximum absolute atomic E-state index is 12.1. The molecule has 0 bridgehead atoms. The monoisotopic (exact) mass is 340 g/mol. The van der Waals surface area contributed by atoms with E-state index in [0.717, 1.165) is 45.3 Å². The largest absolute Gasteiger partial charge is 0.480 e. The molecule has 1 heterocycles. The van der Waals surface area contributed by atoms with E-state index < -0.39 is 5.97 Å². The third kappa shape index (κ3) is 5.34. The lowest BCUT2D eigenvalue weighted by molar-refractivity contribution is -0.139. The zero-order valence-electron chi connectivity index (χ0n) is 15.2. The molecule has 3 N–H and O–H groups in total. The van der Waals surface area contributed by atoms with Crippen LogP contribution in [-0.4, -0.2) is 78.8 Å². The summed E-state index contributed by atoms with van der Waals surface area (Å²) in [6.45, 7) is 7.89. The summed E-state index contributed by atoms with van der Waals surface area (Å²) in [5.41, 5.74) is 0.187. The smallest absolute Gasteiger partial charge is 0.317 e. The summed E-state index contributed by atoms with van der Waals surface area (Å²) in [4.78, 5) is 27.2. The lowest BCUT2D eigenvalue weighted by atomic mass is 9.80. The van der Waals surface area contributed by atoms with E-state index in [4.69, 9.17) is 5.11 Å². The summed E-state index contributed by atoms with van der Waals surface area (Å²) in [5, 5.41) is 14.9. The van der Waals surface area contributed by atoms with Crippen LogP contribution in [0, 0.1) is 5.41 Å². The molecule has 2 amide bonds. The molecule has 0 aromatic carbocycles. The number of carboxylic acids is 1. The Bertz CT molecular complexity index is 443. The summed E-state index contributed by atoms with van der Waals surface area (Å²) < 4.78 is 0. The van der Waals surface area contributed by atoms with Gasteiger partial charge in [-0.25, -0.2) is 4.79 Å². The molecule has 0 aromatic heterocycles. The van der Waals surface area contributed by atoms with Crippen LogP contribution >= 0.6 is 0 Å². The van der Waals surface area contributed by atoms with Gasteiger partial charge in [-0.05, 0) is 57.8 Å². The average Bonchev–Trinajstić information content (AvgIpc) is 2.50. The van der Waals surface area contributed by atoms with Crippen LogP contribution < -0.4 is 10.6 Å². The van der Waals surface area contributed by atoms with Crippen molar-refractivity contribution in [3.05, 3.63) is 0 Å². The quantitative estimate of drug-likeness (QED) is 0.643. The Kier molecular flexibility index (Phi) is 6.46. The number of nitrogens with one attached hydrogen (secondary N) is 2. The number of nitrogens with zero attached hydrogens (tertiary/aromatic N) is 2. The molecule has 1 saturated carbocycles. The molecule has 24 heavy (non-hydrogen) atoms. The molecule has 138 valence electrons. The fourth-order valence-corrected chi connectivity index (χ4v) is 3.54. The molecule has 1 saturated heterocycles. The van der Waals surface area contributed by atoms with E-state index >= 15 is 0 Å². The fraction of sp³-hybridized carbons (Fsp3) is 0.882. The van der Waals surface area contributed by atoms with Gasteiger partial charge in [0.05, 0.1) is 6.54 Å². The highest BCUT2D eigenvalue weighted by Crippen LogP contribution is 2.29. The van der Waals surface area contributed by atoms with Crippen molar-refractivity contribution in [2.24, 2.45) is 5.41 Å². The number of carbonyl (C=O) groups excluding carboxylic acids is 1. The van der Waals surface area contributed by atoms with E-state index in [1.807, 2.05) is 11.8 Å². The van der Waals surface area contributed by atoms with Crippen LogP contribution in [0.4, 0.5) is 4.79 Å².